The molecule has 0 spiro atoms. The molecule has 0 aliphatic carbocycles. The second-order valence-electron chi connectivity index (χ2n) is 5.25. The van der Waals surface area contributed by atoms with Gasteiger partial charge >= 0.3 is 0 Å². The predicted molar refractivity (Wildman–Crippen MR) is 89.3 cm³/mol. The fourth-order valence-corrected chi connectivity index (χ4v) is 2.30. The van der Waals surface area contributed by atoms with Gasteiger partial charge in [0.2, 0.25) is 0 Å². The smallest absolute Gasteiger partial charge is 0.262 e. The molecule has 6 heteroatoms. The number of nitrogens with one attached hydrogen (secondary N) is 2. The van der Waals surface area contributed by atoms with Crippen LogP contribution >= 0.6 is 0 Å². The molecule has 2 N–H and O–H groups in total. The zero-order valence-corrected chi connectivity index (χ0v) is 13.0. The van der Waals surface area contributed by atoms with E-state index in [0.717, 1.165) is 17.0 Å². The summed E-state index contributed by atoms with van der Waals surface area (Å²) in [6.45, 7) is 1.73. The average molecular weight is 325 g/mol. The highest BCUT2D eigenvalue weighted by molar-refractivity contribution is 5.92. The summed E-state index contributed by atoms with van der Waals surface area (Å²) < 4.78 is 18.3. The normalized spacial score (nSPS) is 10.4. The molecule has 0 aliphatic heterocycles. The van der Waals surface area contributed by atoms with Crippen molar-refractivity contribution in [2.45, 2.75) is 6.92 Å². The largest absolute Gasteiger partial charge is 0.484 e. The van der Waals surface area contributed by atoms with Gasteiger partial charge < -0.3 is 15.0 Å². The fraction of sp³-hybridized carbons (Fsp3) is 0.111. The Morgan fingerprint density at radius 1 is 1.25 bits per heavy atom. The van der Waals surface area contributed by atoms with Crippen LogP contribution in [0.3, 0.4) is 0 Å². The molecule has 0 saturated carbocycles. The summed E-state index contributed by atoms with van der Waals surface area (Å²) in [5, 5.41) is 2.75. The molecular formula is C18H16FN3O2. The van der Waals surface area contributed by atoms with E-state index >= 15 is 0 Å². The molecule has 3 aromatic rings. The summed E-state index contributed by atoms with van der Waals surface area (Å²) in [4.78, 5) is 19.3. The minimum Gasteiger partial charge on any atom is -0.484 e. The first-order chi connectivity index (χ1) is 11.6. The number of aromatic nitrogens is 2. The molecule has 0 fully saturated rings. The van der Waals surface area contributed by atoms with Gasteiger partial charge in [-0.05, 0) is 31.2 Å². The zero-order valence-electron chi connectivity index (χ0n) is 13.0. The first kappa shape index (κ1) is 15.7. The van der Waals surface area contributed by atoms with Gasteiger partial charge in [-0.1, -0.05) is 18.2 Å². The van der Waals surface area contributed by atoms with E-state index in [1.165, 1.54) is 18.2 Å². The van der Waals surface area contributed by atoms with Crippen LogP contribution in [0.2, 0.25) is 0 Å². The van der Waals surface area contributed by atoms with Gasteiger partial charge in [-0.3, -0.25) is 4.79 Å². The third-order valence-corrected chi connectivity index (χ3v) is 3.42. The summed E-state index contributed by atoms with van der Waals surface area (Å²) in [6, 6.07) is 13.0. The molecule has 24 heavy (non-hydrogen) atoms. The lowest BCUT2D eigenvalue weighted by Gasteiger charge is -2.09. The molecule has 0 atom stereocenters. The summed E-state index contributed by atoms with van der Waals surface area (Å²) in [7, 11) is 0. The van der Waals surface area contributed by atoms with Crippen molar-refractivity contribution in [3.63, 3.8) is 0 Å². The van der Waals surface area contributed by atoms with Gasteiger partial charge in [-0.2, -0.15) is 0 Å². The number of halogens is 1. The number of hydrogen-bond donors (Lipinski definition) is 2. The van der Waals surface area contributed by atoms with Crippen LogP contribution < -0.4 is 10.1 Å². The SMILES string of the molecule is Cc1[nH]cnc1-c1cccc(NC(=O)COc2cccc(F)c2)c1. The molecular weight excluding hydrogens is 309 g/mol. The maximum Gasteiger partial charge on any atom is 0.262 e. The van der Waals surface area contributed by atoms with Crippen molar-refractivity contribution in [2.75, 3.05) is 11.9 Å². The zero-order chi connectivity index (χ0) is 16.9. The predicted octanol–water partition coefficient (Wildman–Crippen LogP) is 3.54. The van der Waals surface area contributed by atoms with E-state index in [2.05, 4.69) is 15.3 Å². The minimum atomic E-state index is -0.407. The third kappa shape index (κ3) is 3.78. The number of ether oxygens (including phenoxy) is 1. The summed E-state index contributed by atoms with van der Waals surface area (Å²) in [6.07, 6.45) is 1.63. The second-order valence-corrected chi connectivity index (χ2v) is 5.25. The Labute approximate surface area is 138 Å². The molecule has 0 aliphatic rings. The lowest BCUT2D eigenvalue weighted by molar-refractivity contribution is -0.118. The standard InChI is InChI=1S/C18H16FN3O2/c1-12-18(21-11-20-12)13-4-2-6-15(8-13)22-17(23)10-24-16-7-3-5-14(19)9-16/h2-9,11H,10H2,1H3,(H,20,21)(H,22,23). The lowest BCUT2D eigenvalue weighted by atomic mass is 10.1. The first-order valence-corrected chi connectivity index (χ1v) is 7.40. The fourth-order valence-electron chi connectivity index (χ4n) is 2.30. The Balaban J connectivity index is 1.63. The Morgan fingerprint density at radius 3 is 2.83 bits per heavy atom. The molecule has 0 radical (unpaired) electrons. The maximum atomic E-state index is 13.1. The van der Waals surface area contributed by atoms with Crippen LogP contribution in [-0.4, -0.2) is 22.5 Å². The van der Waals surface area contributed by atoms with E-state index in [1.54, 1.807) is 18.5 Å². The van der Waals surface area contributed by atoms with Crippen molar-refractivity contribution in [1.29, 1.82) is 0 Å². The lowest BCUT2D eigenvalue weighted by Crippen LogP contribution is -2.20. The summed E-state index contributed by atoms with van der Waals surface area (Å²) >= 11 is 0. The molecule has 1 amide bonds. The number of carbonyl (C=O) groups excluding carboxylic acids is 1. The number of benzene rings is 2. The highest BCUT2D eigenvalue weighted by Crippen LogP contribution is 2.23. The Hall–Kier alpha value is -3.15. The summed E-state index contributed by atoms with van der Waals surface area (Å²) in [5.74, 6) is -0.420. The monoisotopic (exact) mass is 325 g/mol. The van der Waals surface area contributed by atoms with Gasteiger partial charge in [0.25, 0.3) is 5.91 Å². The molecule has 0 bridgehead atoms. The molecule has 0 saturated heterocycles. The van der Waals surface area contributed by atoms with Crippen molar-refractivity contribution >= 4 is 11.6 Å². The van der Waals surface area contributed by atoms with E-state index in [4.69, 9.17) is 4.74 Å². The Bertz CT molecular complexity index is 861. The molecule has 3 rings (SSSR count). The van der Waals surface area contributed by atoms with E-state index in [-0.39, 0.29) is 12.5 Å². The number of rotatable bonds is 5. The van der Waals surface area contributed by atoms with Gasteiger partial charge in [-0.15, -0.1) is 0 Å². The number of aryl methyl sites for hydroxylation is 1. The molecule has 5 nitrogen and oxygen atoms in total. The number of imidazole rings is 1. The number of H-pyrrole nitrogens is 1. The van der Waals surface area contributed by atoms with Crippen LogP contribution in [0.4, 0.5) is 10.1 Å². The molecule has 1 heterocycles. The van der Waals surface area contributed by atoms with Crippen molar-refractivity contribution in [2.24, 2.45) is 0 Å². The quantitative estimate of drug-likeness (QED) is 0.754. The molecule has 1 aromatic heterocycles. The highest BCUT2D eigenvalue weighted by atomic mass is 19.1. The summed E-state index contributed by atoms with van der Waals surface area (Å²) in [5.41, 5.74) is 3.33. The van der Waals surface area contributed by atoms with Crippen LogP contribution in [-0.2, 0) is 4.79 Å². The van der Waals surface area contributed by atoms with Crippen LogP contribution in [0, 0.1) is 12.7 Å². The molecule has 2 aromatic carbocycles. The van der Waals surface area contributed by atoms with Crippen LogP contribution in [0.5, 0.6) is 5.75 Å². The van der Waals surface area contributed by atoms with Crippen LogP contribution in [0.25, 0.3) is 11.3 Å². The minimum absolute atomic E-state index is 0.199. The van der Waals surface area contributed by atoms with Gasteiger partial charge in [-0.25, -0.2) is 9.37 Å². The number of nitrogens with zero attached hydrogens (tertiary/aromatic N) is 1. The molecule has 122 valence electrons. The Kier molecular flexibility index (Phi) is 4.56. The second kappa shape index (κ2) is 6.95. The maximum absolute atomic E-state index is 13.1. The van der Waals surface area contributed by atoms with Gasteiger partial charge in [0.1, 0.15) is 11.6 Å². The van der Waals surface area contributed by atoms with Crippen LogP contribution in [0.1, 0.15) is 5.69 Å². The highest BCUT2D eigenvalue weighted by Gasteiger charge is 2.08. The first-order valence-electron chi connectivity index (χ1n) is 7.40. The molecule has 0 unspecified atom stereocenters. The third-order valence-electron chi connectivity index (χ3n) is 3.42. The van der Waals surface area contributed by atoms with Crippen molar-refractivity contribution in [3.05, 3.63) is 66.4 Å². The van der Waals surface area contributed by atoms with Gasteiger partial charge in [0.05, 0.1) is 12.0 Å². The average Bonchev–Trinajstić information content (AvgIpc) is 2.99. The van der Waals surface area contributed by atoms with E-state index in [1.807, 2.05) is 25.1 Å². The van der Waals surface area contributed by atoms with Crippen LogP contribution in [0.15, 0.2) is 54.9 Å². The van der Waals surface area contributed by atoms with Crippen molar-refractivity contribution < 1.29 is 13.9 Å². The van der Waals surface area contributed by atoms with Gasteiger partial charge in [0.15, 0.2) is 6.61 Å². The van der Waals surface area contributed by atoms with E-state index < -0.39 is 5.82 Å². The number of hydrogen-bond acceptors (Lipinski definition) is 3. The number of carbonyl (C=O) groups is 1. The van der Waals surface area contributed by atoms with E-state index in [9.17, 15) is 9.18 Å². The van der Waals surface area contributed by atoms with Crippen molar-refractivity contribution in [3.8, 4) is 17.0 Å². The topological polar surface area (TPSA) is 67.0 Å². The number of anilines is 1. The number of aromatic amines is 1. The van der Waals surface area contributed by atoms with Crippen molar-refractivity contribution in [1.82, 2.24) is 9.97 Å². The van der Waals surface area contributed by atoms with Gasteiger partial charge in [0, 0.05) is 23.0 Å². The van der Waals surface area contributed by atoms with E-state index in [0.29, 0.717) is 11.4 Å². The Morgan fingerprint density at radius 2 is 2.08 bits per heavy atom. The number of amides is 1.